The molecule has 0 radical (unpaired) electrons. The maximum atomic E-state index is 11.1. The lowest BCUT2D eigenvalue weighted by atomic mass is 9.96. The molecule has 0 amide bonds. The quantitative estimate of drug-likeness (QED) is 0.608. The van der Waals surface area contributed by atoms with E-state index in [2.05, 4.69) is 0 Å². The van der Waals surface area contributed by atoms with Gasteiger partial charge >= 0.3 is 0 Å². The van der Waals surface area contributed by atoms with Crippen LogP contribution in [0.2, 0.25) is 0 Å². The molecule has 0 saturated heterocycles. The SMILES string of the molecule is CC(=O)C(C)CC(=N)c1ccc(C=O)cc1. The van der Waals surface area contributed by atoms with E-state index < -0.39 is 0 Å². The number of nitrogens with one attached hydrogen (secondary N) is 1. The van der Waals surface area contributed by atoms with Gasteiger partial charge in [0.25, 0.3) is 0 Å². The summed E-state index contributed by atoms with van der Waals surface area (Å²) < 4.78 is 0. The van der Waals surface area contributed by atoms with Crippen LogP contribution in [-0.2, 0) is 4.79 Å². The minimum atomic E-state index is -0.127. The van der Waals surface area contributed by atoms with Crippen molar-refractivity contribution in [3.05, 3.63) is 35.4 Å². The Balaban J connectivity index is 2.73. The first kappa shape index (κ1) is 12.3. The van der Waals surface area contributed by atoms with Crippen molar-refractivity contribution in [3.63, 3.8) is 0 Å². The lowest BCUT2D eigenvalue weighted by Crippen LogP contribution is -2.12. The van der Waals surface area contributed by atoms with Gasteiger partial charge in [0.05, 0.1) is 0 Å². The molecule has 0 aromatic heterocycles. The molecule has 0 aliphatic carbocycles. The highest BCUT2D eigenvalue weighted by Crippen LogP contribution is 2.11. The molecule has 0 fully saturated rings. The van der Waals surface area contributed by atoms with Gasteiger partial charge in [0.1, 0.15) is 12.1 Å². The van der Waals surface area contributed by atoms with E-state index in [9.17, 15) is 9.59 Å². The highest BCUT2D eigenvalue weighted by atomic mass is 16.1. The molecule has 3 heteroatoms. The Labute approximate surface area is 95.0 Å². The molecule has 0 heterocycles. The molecule has 3 nitrogen and oxygen atoms in total. The highest BCUT2D eigenvalue weighted by molar-refractivity contribution is 6.00. The number of rotatable bonds is 5. The van der Waals surface area contributed by atoms with E-state index >= 15 is 0 Å². The predicted octanol–water partition coefficient (Wildman–Crippen LogP) is 2.48. The summed E-state index contributed by atoms with van der Waals surface area (Å²) in [5.41, 5.74) is 1.79. The summed E-state index contributed by atoms with van der Waals surface area (Å²) >= 11 is 0. The van der Waals surface area contributed by atoms with Gasteiger partial charge in [-0.25, -0.2) is 0 Å². The molecule has 1 rings (SSSR count). The van der Waals surface area contributed by atoms with Gasteiger partial charge in [0.15, 0.2) is 0 Å². The molecular weight excluding hydrogens is 202 g/mol. The smallest absolute Gasteiger partial charge is 0.150 e. The number of carbonyl (C=O) groups is 2. The molecule has 1 atom stereocenters. The summed E-state index contributed by atoms with van der Waals surface area (Å²) in [5, 5.41) is 7.84. The molecule has 1 N–H and O–H groups in total. The fraction of sp³-hybridized carbons (Fsp3) is 0.308. The van der Waals surface area contributed by atoms with E-state index in [0.29, 0.717) is 17.7 Å². The standard InChI is InChI=1S/C13H15NO2/c1-9(10(2)16)7-13(14)12-5-3-11(8-15)4-6-12/h3-6,8-9,14H,7H2,1-2H3. The maximum Gasteiger partial charge on any atom is 0.150 e. The topological polar surface area (TPSA) is 58.0 Å². The molecule has 84 valence electrons. The largest absolute Gasteiger partial charge is 0.305 e. The van der Waals surface area contributed by atoms with Gasteiger partial charge in [-0.15, -0.1) is 0 Å². The number of benzene rings is 1. The van der Waals surface area contributed by atoms with E-state index in [1.165, 1.54) is 6.92 Å². The average Bonchev–Trinajstić information content (AvgIpc) is 2.28. The van der Waals surface area contributed by atoms with E-state index in [0.717, 1.165) is 11.8 Å². The van der Waals surface area contributed by atoms with Crippen molar-refractivity contribution in [2.75, 3.05) is 0 Å². The van der Waals surface area contributed by atoms with E-state index in [1.54, 1.807) is 24.3 Å². The van der Waals surface area contributed by atoms with Crippen LogP contribution >= 0.6 is 0 Å². The Hall–Kier alpha value is -1.77. The Morgan fingerprint density at radius 2 is 1.94 bits per heavy atom. The van der Waals surface area contributed by atoms with Crippen LogP contribution in [0.15, 0.2) is 24.3 Å². The van der Waals surface area contributed by atoms with E-state index in [-0.39, 0.29) is 11.7 Å². The summed E-state index contributed by atoms with van der Waals surface area (Å²) in [7, 11) is 0. The van der Waals surface area contributed by atoms with Gasteiger partial charge in [-0.2, -0.15) is 0 Å². The fourth-order valence-corrected chi connectivity index (χ4v) is 1.33. The van der Waals surface area contributed by atoms with Gasteiger partial charge in [-0.1, -0.05) is 31.2 Å². The third-order valence-electron chi connectivity index (χ3n) is 2.60. The lowest BCUT2D eigenvalue weighted by molar-refractivity contribution is -0.120. The van der Waals surface area contributed by atoms with Crippen LogP contribution in [0.1, 0.15) is 36.2 Å². The van der Waals surface area contributed by atoms with E-state index in [4.69, 9.17) is 5.41 Å². The number of Topliss-reactive ketones (excluding diaryl/α,β-unsaturated/α-hetero) is 1. The summed E-state index contributed by atoms with van der Waals surface area (Å²) in [6, 6.07) is 6.82. The molecule has 1 aromatic rings. The van der Waals surface area contributed by atoms with Crippen LogP contribution in [0.25, 0.3) is 0 Å². The van der Waals surface area contributed by atoms with Crippen molar-refractivity contribution in [1.29, 1.82) is 5.41 Å². The molecule has 1 unspecified atom stereocenters. The second-order valence-corrected chi connectivity index (χ2v) is 3.93. The van der Waals surface area contributed by atoms with Crippen LogP contribution < -0.4 is 0 Å². The van der Waals surface area contributed by atoms with Gasteiger partial charge in [0, 0.05) is 17.2 Å². The zero-order chi connectivity index (χ0) is 12.1. The van der Waals surface area contributed by atoms with Gasteiger partial charge in [0.2, 0.25) is 0 Å². The third-order valence-corrected chi connectivity index (χ3v) is 2.60. The highest BCUT2D eigenvalue weighted by Gasteiger charge is 2.11. The van der Waals surface area contributed by atoms with Crippen molar-refractivity contribution < 1.29 is 9.59 Å². The van der Waals surface area contributed by atoms with Crippen LogP contribution in [-0.4, -0.2) is 17.8 Å². The first-order valence-electron chi connectivity index (χ1n) is 5.18. The molecule has 0 saturated carbocycles. The summed E-state index contributed by atoms with van der Waals surface area (Å²) in [6.45, 7) is 3.35. The van der Waals surface area contributed by atoms with Crippen molar-refractivity contribution in [2.24, 2.45) is 5.92 Å². The summed E-state index contributed by atoms with van der Waals surface area (Å²) in [6.07, 6.45) is 1.21. The minimum Gasteiger partial charge on any atom is -0.305 e. The third kappa shape index (κ3) is 3.12. The maximum absolute atomic E-state index is 11.1. The van der Waals surface area contributed by atoms with Gasteiger partial charge in [-0.05, 0) is 18.9 Å². The first-order chi connectivity index (χ1) is 7.54. The number of ketones is 1. The molecule has 16 heavy (non-hydrogen) atoms. The van der Waals surface area contributed by atoms with Crippen molar-refractivity contribution in [1.82, 2.24) is 0 Å². The monoisotopic (exact) mass is 217 g/mol. The Morgan fingerprint density at radius 3 is 2.38 bits per heavy atom. The van der Waals surface area contributed by atoms with Crippen molar-refractivity contribution in [3.8, 4) is 0 Å². The molecular formula is C13H15NO2. The molecule has 0 spiro atoms. The van der Waals surface area contributed by atoms with Gasteiger partial charge < -0.3 is 5.41 Å². The summed E-state index contributed by atoms with van der Waals surface area (Å²) in [4.78, 5) is 21.5. The average molecular weight is 217 g/mol. The number of aldehydes is 1. The Kier molecular flexibility index (Phi) is 4.11. The van der Waals surface area contributed by atoms with Crippen LogP contribution in [0.5, 0.6) is 0 Å². The van der Waals surface area contributed by atoms with Crippen LogP contribution in [0.4, 0.5) is 0 Å². The normalized spacial score (nSPS) is 11.9. The number of hydrogen-bond donors (Lipinski definition) is 1. The molecule has 1 aromatic carbocycles. The second kappa shape index (κ2) is 5.35. The van der Waals surface area contributed by atoms with E-state index in [1.807, 2.05) is 6.92 Å². The fourth-order valence-electron chi connectivity index (χ4n) is 1.33. The van der Waals surface area contributed by atoms with Crippen LogP contribution in [0.3, 0.4) is 0 Å². The second-order valence-electron chi connectivity index (χ2n) is 3.93. The zero-order valence-corrected chi connectivity index (χ0v) is 9.49. The van der Waals surface area contributed by atoms with Crippen molar-refractivity contribution in [2.45, 2.75) is 20.3 Å². The van der Waals surface area contributed by atoms with Gasteiger partial charge in [-0.3, -0.25) is 9.59 Å². The van der Waals surface area contributed by atoms with Crippen LogP contribution in [0, 0.1) is 11.3 Å². The number of carbonyl (C=O) groups excluding carboxylic acids is 2. The molecule has 0 aliphatic rings. The number of hydrogen-bond acceptors (Lipinski definition) is 3. The minimum absolute atomic E-state index is 0.0919. The van der Waals surface area contributed by atoms with Crippen molar-refractivity contribution >= 4 is 17.8 Å². The molecule has 0 bridgehead atoms. The first-order valence-corrected chi connectivity index (χ1v) is 5.18. The predicted molar refractivity (Wildman–Crippen MR) is 63.1 cm³/mol. The lowest BCUT2D eigenvalue weighted by Gasteiger charge is -2.08. The zero-order valence-electron chi connectivity index (χ0n) is 9.49. The molecule has 0 aliphatic heterocycles. The summed E-state index contributed by atoms with van der Waals surface area (Å²) in [5.74, 6) is -0.0347. The Bertz CT molecular complexity index is 406. The Morgan fingerprint density at radius 1 is 1.38 bits per heavy atom.